The van der Waals surface area contributed by atoms with Gasteiger partial charge in [0.15, 0.2) is 0 Å². The van der Waals surface area contributed by atoms with Crippen LogP contribution in [0.15, 0.2) is 0 Å². The molecule has 0 aliphatic carbocycles. The van der Waals surface area contributed by atoms with Crippen LogP contribution in [0.4, 0.5) is 0 Å². The van der Waals surface area contributed by atoms with Crippen LogP contribution in [-0.4, -0.2) is 37.0 Å². The van der Waals surface area contributed by atoms with Crippen LogP contribution in [0.5, 0.6) is 0 Å². The number of unbranched alkanes of at least 4 members (excludes halogenated alkanes) is 6. The van der Waals surface area contributed by atoms with E-state index in [0.717, 1.165) is 154 Å². The van der Waals surface area contributed by atoms with Crippen LogP contribution >= 0.6 is 22.1 Å². The first kappa shape index (κ1) is 65.7. The summed E-state index contributed by atoms with van der Waals surface area (Å²) in [6.45, 7) is 25.7. The van der Waals surface area contributed by atoms with Gasteiger partial charge in [0.25, 0.3) is 0 Å². The smallest absolute Gasteiger partial charge is 0.799 e. The van der Waals surface area contributed by atoms with E-state index in [1.807, 2.05) is 0 Å². The van der Waals surface area contributed by atoms with E-state index in [0.29, 0.717) is 72.5 Å². The Bertz CT molecular complexity index is 824. The minimum Gasteiger partial charge on any atom is -0.799 e. The molecular formula is C48H102CrO6P3. The van der Waals surface area contributed by atoms with Gasteiger partial charge in [-0.3, -0.25) is 0 Å². The zero-order valence-electron chi connectivity index (χ0n) is 40.9. The second-order valence-electron chi connectivity index (χ2n) is 18.0. The molecule has 0 aliphatic rings. The SMILES string of the molecule is CCCCC(CC)CP(=O)([O-])CC(CC)CCCC.CCCCC(CC)CP(=O)([O-])CC(CC)CCCC.CCCCC(CC)CP(=O)([O-])CC(CC)CCCC.[Cr+3]. The van der Waals surface area contributed by atoms with Gasteiger partial charge in [0.1, 0.15) is 0 Å². The Morgan fingerprint density at radius 2 is 0.414 bits per heavy atom. The summed E-state index contributed by atoms with van der Waals surface area (Å²) in [5, 5.41) is 0. The molecule has 6 unspecified atom stereocenters. The molecule has 0 aromatic carbocycles. The third-order valence-corrected chi connectivity index (χ3v) is 18.9. The minimum absolute atomic E-state index is 0. The Morgan fingerprint density at radius 3 is 0.500 bits per heavy atom. The third kappa shape index (κ3) is 39.9. The molecule has 351 valence electrons. The molecule has 0 fully saturated rings. The monoisotopic (exact) mass is 920 g/mol. The van der Waals surface area contributed by atoms with E-state index >= 15 is 0 Å². The molecule has 0 spiro atoms. The van der Waals surface area contributed by atoms with Gasteiger partial charge in [0, 0.05) is 22.1 Å². The van der Waals surface area contributed by atoms with E-state index in [1.165, 1.54) is 0 Å². The fourth-order valence-corrected chi connectivity index (χ4v) is 15.9. The second kappa shape index (κ2) is 42.1. The van der Waals surface area contributed by atoms with Gasteiger partial charge in [-0.2, -0.15) is 0 Å². The van der Waals surface area contributed by atoms with Gasteiger partial charge in [-0.25, -0.2) is 0 Å². The standard InChI is InChI=1S/3C16H35O2P.Cr/c3*1-5-9-11-15(7-3)13-19(17,18)14-16(8-4)12-10-6-2;/h3*15-16H,5-14H2,1-4H3,(H,17,18);/q;;;+3/p-3. The summed E-state index contributed by atoms with van der Waals surface area (Å²) in [5.41, 5.74) is 0. The molecule has 0 aliphatic heterocycles. The summed E-state index contributed by atoms with van der Waals surface area (Å²) >= 11 is 0. The van der Waals surface area contributed by atoms with E-state index in [9.17, 15) is 28.4 Å². The number of rotatable bonds is 36. The maximum Gasteiger partial charge on any atom is 3.00 e. The van der Waals surface area contributed by atoms with E-state index in [-0.39, 0.29) is 17.4 Å². The summed E-state index contributed by atoms with van der Waals surface area (Å²) in [6, 6.07) is 0. The molecule has 6 atom stereocenters. The van der Waals surface area contributed by atoms with Crippen molar-refractivity contribution in [3.63, 3.8) is 0 Å². The topological polar surface area (TPSA) is 120 Å². The van der Waals surface area contributed by atoms with Gasteiger partial charge < -0.3 is 28.4 Å². The van der Waals surface area contributed by atoms with E-state index in [4.69, 9.17) is 0 Å². The van der Waals surface area contributed by atoms with E-state index in [1.54, 1.807) is 0 Å². The summed E-state index contributed by atoms with van der Waals surface area (Å²) in [4.78, 5) is 37.0. The third-order valence-electron chi connectivity index (χ3n) is 12.5. The molecule has 0 N–H and O–H groups in total. The molecule has 0 aromatic rings. The summed E-state index contributed by atoms with van der Waals surface area (Å²) < 4.78 is 37.0. The molecule has 58 heavy (non-hydrogen) atoms. The van der Waals surface area contributed by atoms with Crippen molar-refractivity contribution in [3.05, 3.63) is 0 Å². The normalized spacial score (nSPS) is 17.6. The maximum absolute atomic E-state index is 12.3. The van der Waals surface area contributed by atoms with Crippen molar-refractivity contribution in [3.8, 4) is 0 Å². The zero-order chi connectivity index (χ0) is 44.2. The van der Waals surface area contributed by atoms with Gasteiger partial charge in [0.2, 0.25) is 0 Å². The van der Waals surface area contributed by atoms with Crippen molar-refractivity contribution >= 4 is 22.1 Å². The van der Waals surface area contributed by atoms with Crippen LogP contribution in [0, 0.1) is 35.5 Å². The van der Waals surface area contributed by atoms with E-state index < -0.39 is 22.1 Å². The molecular weight excluding hydrogens is 817 g/mol. The summed E-state index contributed by atoms with van der Waals surface area (Å²) in [6.07, 6.45) is 29.0. The van der Waals surface area contributed by atoms with Crippen molar-refractivity contribution in [2.24, 2.45) is 35.5 Å². The van der Waals surface area contributed by atoms with E-state index in [2.05, 4.69) is 83.1 Å². The Labute approximate surface area is 375 Å². The predicted octanol–water partition coefficient (Wildman–Crippen LogP) is 15.2. The largest absolute Gasteiger partial charge is 3.00 e. The molecule has 10 heteroatoms. The van der Waals surface area contributed by atoms with Crippen LogP contribution in [-0.2, 0) is 31.1 Å². The van der Waals surface area contributed by atoms with Crippen molar-refractivity contribution < 1.29 is 45.7 Å². The van der Waals surface area contributed by atoms with Crippen LogP contribution in [0.3, 0.4) is 0 Å². The Balaban J connectivity index is -0.000000374. The number of hydrogen-bond acceptors (Lipinski definition) is 6. The fourth-order valence-electron chi connectivity index (χ4n) is 8.09. The maximum atomic E-state index is 12.3. The molecule has 6 nitrogen and oxygen atoms in total. The first-order valence-electron chi connectivity index (χ1n) is 24.8. The van der Waals surface area contributed by atoms with Crippen molar-refractivity contribution in [1.82, 2.24) is 0 Å². The van der Waals surface area contributed by atoms with Crippen molar-refractivity contribution in [2.45, 2.75) is 237 Å². The molecule has 0 saturated carbocycles. The fraction of sp³-hybridized carbons (Fsp3) is 1.00. The molecule has 0 rings (SSSR count). The quantitative estimate of drug-likeness (QED) is 0.0577. The molecule has 1 radical (unpaired) electrons. The van der Waals surface area contributed by atoms with Crippen LogP contribution in [0.25, 0.3) is 0 Å². The summed E-state index contributed by atoms with van der Waals surface area (Å²) in [5.74, 6) is 2.29. The zero-order valence-corrected chi connectivity index (χ0v) is 44.8. The summed E-state index contributed by atoms with van der Waals surface area (Å²) in [7, 11) is -9.50. The molecule has 0 bridgehead atoms. The van der Waals surface area contributed by atoms with Gasteiger partial charge >= 0.3 is 17.4 Å². The average molecular weight is 920 g/mol. The van der Waals surface area contributed by atoms with Gasteiger partial charge in [-0.05, 0) is 72.5 Å². The van der Waals surface area contributed by atoms with Gasteiger partial charge in [0.05, 0.1) is 0 Å². The van der Waals surface area contributed by atoms with Crippen molar-refractivity contribution in [2.75, 3.05) is 37.0 Å². The molecule has 0 amide bonds. The Morgan fingerprint density at radius 1 is 0.293 bits per heavy atom. The van der Waals surface area contributed by atoms with Crippen molar-refractivity contribution in [1.29, 1.82) is 0 Å². The average Bonchev–Trinajstić information content (AvgIpc) is 3.18. The first-order chi connectivity index (χ1) is 27.0. The number of hydrogen-bond donors (Lipinski definition) is 0. The molecule has 0 heterocycles. The van der Waals surface area contributed by atoms with Crippen LogP contribution in [0.2, 0.25) is 0 Å². The minimum atomic E-state index is -3.17. The van der Waals surface area contributed by atoms with Gasteiger partial charge in [-0.15, -0.1) is 0 Å². The van der Waals surface area contributed by atoms with Gasteiger partial charge in [-0.1, -0.05) is 237 Å². The Hall–Kier alpha value is 1.10. The van der Waals surface area contributed by atoms with Crippen LogP contribution in [0.1, 0.15) is 237 Å². The molecule has 0 aromatic heterocycles. The Kier molecular flexibility index (Phi) is 47.7. The molecule has 0 saturated heterocycles. The predicted molar refractivity (Wildman–Crippen MR) is 252 cm³/mol. The first-order valence-corrected chi connectivity index (χ1v) is 30.8. The second-order valence-corrected chi connectivity index (χ2v) is 25.1. The van der Waals surface area contributed by atoms with Crippen LogP contribution < -0.4 is 14.7 Å².